The summed E-state index contributed by atoms with van der Waals surface area (Å²) in [5.74, 6) is 0.640. The summed E-state index contributed by atoms with van der Waals surface area (Å²) in [6, 6.07) is 8.78. The fourth-order valence-corrected chi connectivity index (χ4v) is 3.31. The van der Waals surface area contributed by atoms with Crippen LogP contribution in [0.1, 0.15) is 17.7 Å². The maximum atomic E-state index is 12.4. The first kappa shape index (κ1) is 19.3. The Morgan fingerprint density at radius 2 is 1.96 bits per heavy atom. The number of rotatable bonds is 9. The van der Waals surface area contributed by atoms with Gasteiger partial charge in [-0.25, -0.2) is 4.98 Å². The minimum atomic E-state index is -4.04. The molecule has 0 aliphatic heterocycles. The molecule has 0 bridgehead atoms. The molecule has 0 amide bonds. The van der Waals surface area contributed by atoms with Crippen LogP contribution in [0.25, 0.3) is 11.0 Å². The second kappa shape index (κ2) is 8.47. The van der Waals surface area contributed by atoms with E-state index in [2.05, 4.69) is 15.0 Å². The highest BCUT2D eigenvalue weighted by atomic mass is 32.2. The molecule has 3 aromatic rings. The minimum Gasteiger partial charge on any atom is -0.493 e. The van der Waals surface area contributed by atoms with Crippen molar-refractivity contribution in [2.45, 2.75) is 25.1 Å². The second-order valence-electron chi connectivity index (χ2n) is 5.85. The van der Waals surface area contributed by atoms with E-state index < -0.39 is 10.1 Å². The largest absolute Gasteiger partial charge is 0.493 e. The van der Waals surface area contributed by atoms with Crippen molar-refractivity contribution >= 4 is 21.2 Å². The van der Waals surface area contributed by atoms with Crippen molar-refractivity contribution in [3.8, 4) is 5.75 Å². The van der Waals surface area contributed by atoms with Gasteiger partial charge in [0.2, 0.25) is 0 Å². The molecule has 2 heterocycles. The van der Waals surface area contributed by atoms with Crippen LogP contribution in [0, 0.1) is 6.92 Å². The summed E-state index contributed by atoms with van der Waals surface area (Å²) < 4.78 is 40.7. The number of nitrogens with one attached hydrogen (secondary N) is 1. The summed E-state index contributed by atoms with van der Waals surface area (Å²) in [5.41, 5.74) is 2.40. The Morgan fingerprint density at radius 1 is 1.15 bits per heavy atom. The molecular formula is C18H21N3O5S. The molecule has 0 atom stereocenters. The Morgan fingerprint density at radius 3 is 2.74 bits per heavy atom. The second-order valence-corrected chi connectivity index (χ2v) is 7.38. The molecule has 8 nitrogen and oxygen atoms in total. The summed E-state index contributed by atoms with van der Waals surface area (Å²) in [5, 5.41) is -0.228. The highest BCUT2D eigenvalue weighted by molar-refractivity contribution is 7.86. The van der Waals surface area contributed by atoms with Crippen LogP contribution in [0.15, 0.2) is 41.7 Å². The van der Waals surface area contributed by atoms with Crippen molar-refractivity contribution in [1.29, 1.82) is 0 Å². The van der Waals surface area contributed by atoms with Crippen LogP contribution < -0.4 is 4.74 Å². The van der Waals surface area contributed by atoms with E-state index >= 15 is 0 Å². The van der Waals surface area contributed by atoms with Gasteiger partial charge in [0.25, 0.3) is 5.16 Å². The number of H-pyrrole nitrogens is 1. The molecule has 9 heteroatoms. The van der Waals surface area contributed by atoms with Crippen LogP contribution in [0.3, 0.4) is 0 Å². The van der Waals surface area contributed by atoms with Gasteiger partial charge in [-0.2, -0.15) is 8.42 Å². The number of aromatic nitrogens is 3. The zero-order chi connectivity index (χ0) is 19.3. The molecule has 1 N–H and O–H groups in total. The maximum absolute atomic E-state index is 12.4. The Kier molecular flexibility index (Phi) is 6.04. The van der Waals surface area contributed by atoms with Crippen molar-refractivity contribution in [2.75, 3.05) is 20.3 Å². The normalized spacial score (nSPS) is 11.8. The van der Waals surface area contributed by atoms with Crippen molar-refractivity contribution in [2.24, 2.45) is 0 Å². The number of fused-ring (bicyclic) bond motifs is 1. The Hall–Kier alpha value is -2.49. The Balaban J connectivity index is 1.70. The lowest BCUT2D eigenvalue weighted by atomic mass is 10.2. The van der Waals surface area contributed by atoms with E-state index in [1.165, 1.54) is 0 Å². The number of benzene rings is 1. The fourth-order valence-electron chi connectivity index (χ4n) is 2.48. The number of hydrogen-bond acceptors (Lipinski definition) is 7. The molecule has 144 valence electrons. The summed E-state index contributed by atoms with van der Waals surface area (Å²) in [6.07, 6.45) is 2.32. The van der Waals surface area contributed by atoms with E-state index in [9.17, 15) is 8.42 Å². The van der Waals surface area contributed by atoms with Crippen molar-refractivity contribution in [1.82, 2.24) is 15.0 Å². The number of aromatic amines is 1. The molecule has 0 fully saturated rings. The molecule has 0 spiro atoms. The fraction of sp³-hybridized carbons (Fsp3) is 0.333. The van der Waals surface area contributed by atoms with Gasteiger partial charge in [0.1, 0.15) is 12.4 Å². The number of para-hydroxylation sites is 2. The quantitative estimate of drug-likeness (QED) is 0.442. The van der Waals surface area contributed by atoms with Crippen LogP contribution >= 0.6 is 0 Å². The molecule has 1 aromatic carbocycles. The van der Waals surface area contributed by atoms with Gasteiger partial charge in [-0.1, -0.05) is 12.1 Å². The first-order chi connectivity index (χ1) is 13.0. The summed E-state index contributed by atoms with van der Waals surface area (Å²) in [6.45, 7) is 2.71. The van der Waals surface area contributed by atoms with Crippen molar-refractivity contribution in [3.63, 3.8) is 0 Å². The maximum Gasteiger partial charge on any atom is 0.331 e. The van der Waals surface area contributed by atoms with Gasteiger partial charge in [0.15, 0.2) is 0 Å². The molecule has 0 radical (unpaired) electrons. The highest BCUT2D eigenvalue weighted by Crippen LogP contribution is 2.22. The first-order valence-electron chi connectivity index (χ1n) is 8.41. The minimum absolute atomic E-state index is 0.208. The van der Waals surface area contributed by atoms with Gasteiger partial charge in [-0.3, -0.25) is 9.17 Å². The number of hydrogen-bond donors (Lipinski definition) is 1. The predicted molar refractivity (Wildman–Crippen MR) is 99.0 cm³/mol. The third-order valence-electron chi connectivity index (χ3n) is 3.96. The molecule has 2 aromatic heterocycles. The molecule has 27 heavy (non-hydrogen) atoms. The third kappa shape index (κ3) is 4.62. The van der Waals surface area contributed by atoms with E-state index in [1.54, 1.807) is 43.6 Å². The standard InChI is InChI=1S/C18H21N3O5S/c1-13-16(19-9-8-17(13)25-11-5-10-24-2)12-26-27(22,23)18-20-14-6-3-4-7-15(14)21-18/h3-4,6-9H,5,10-12H2,1-2H3,(H,20,21). The monoisotopic (exact) mass is 391 g/mol. The summed E-state index contributed by atoms with van der Waals surface area (Å²) in [4.78, 5) is 11.0. The van der Waals surface area contributed by atoms with Gasteiger partial charge in [0, 0.05) is 31.9 Å². The van der Waals surface area contributed by atoms with Gasteiger partial charge in [0.05, 0.1) is 23.3 Å². The average Bonchev–Trinajstić information content (AvgIpc) is 3.11. The van der Waals surface area contributed by atoms with E-state index in [-0.39, 0.29) is 11.8 Å². The van der Waals surface area contributed by atoms with E-state index in [0.29, 0.717) is 35.7 Å². The van der Waals surface area contributed by atoms with Crippen LogP contribution in [-0.4, -0.2) is 43.7 Å². The van der Waals surface area contributed by atoms with Gasteiger partial charge >= 0.3 is 10.1 Å². The average molecular weight is 391 g/mol. The highest BCUT2D eigenvalue weighted by Gasteiger charge is 2.21. The van der Waals surface area contributed by atoms with Gasteiger partial charge in [-0.05, 0) is 25.1 Å². The van der Waals surface area contributed by atoms with Crippen LogP contribution in [0.4, 0.5) is 0 Å². The first-order valence-corrected chi connectivity index (χ1v) is 9.82. The predicted octanol–water partition coefficient (Wildman–Crippen LogP) is 2.59. The van der Waals surface area contributed by atoms with Gasteiger partial charge in [-0.15, -0.1) is 0 Å². The van der Waals surface area contributed by atoms with Crippen molar-refractivity contribution in [3.05, 3.63) is 47.8 Å². The van der Waals surface area contributed by atoms with Crippen molar-refractivity contribution < 1.29 is 22.1 Å². The molecule has 0 saturated carbocycles. The number of methoxy groups -OCH3 is 1. The topological polar surface area (TPSA) is 103 Å². The smallest absolute Gasteiger partial charge is 0.331 e. The van der Waals surface area contributed by atoms with Gasteiger partial charge < -0.3 is 14.5 Å². The lowest BCUT2D eigenvalue weighted by Gasteiger charge is -2.12. The Bertz CT molecular complexity index is 984. The zero-order valence-electron chi connectivity index (χ0n) is 15.1. The van der Waals surface area contributed by atoms with E-state index in [1.807, 2.05) is 6.92 Å². The van der Waals surface area contributed by atoms with Crippen LogP contribution in [-0.2, 0) is 25.6 Å². The molecule has 0 saturated heterocycles. The Labute approximate surface area is 157 Å². The lowest BCUT2D eigenvalue weighted by molar-refractivity contribution is 0.171. The SMILES string of the molecule is COCCCOc1ccnc(COS(=O)(=O)c2nc3ccccc3[nH]2)c1C. The summed E-state index contributed by atoms with van der Waals surface area (Å²) in [7, 11) is -2.40. The molecular weight excluding hydrogens is 370 g/mol. The molecule has 0 aliphatic rings. The molecule has 3 rings (SSSR count). The number of imidazole rings is 1. The molecule has 0 aliphatic carbocycles. The third-order valence-corrected chi connectivity index (χ3v) is 5.06. The lowest BCUT2D eigenvalue weighted by Crippen LogP contribution is -2.10. The summed E-state index contributed by atoms with van der Waals surface area (Å²) >= 11 is 0. The van der Waals surface area contributed by atoms with Crippen LogP contribution in [0.5, 0.6) is 5.75 Å². The number of ether oxygens (including phenoxy) is 2. The molecule has 0 unspecified atom stereocenters. The van der Waals surface area contributed by atoms with E-state index in [0.717, 1.165) is 12.0 Å². The zero-order valence-corrected chi connectivity index (χ0v) is 16.0. The van der Waals surface area contributed by atoms with E-state index in [4.69, 9.17) is 13.7 Å². The number of pyridine rings is 1. The number of nitrogens with zero attached hydrogens (tertiary/aromatic N) is 2. The van der Waals surface area contributed by atoms with Crippen LogP contribution in [0.2, 0.25) is 0 Å².